The van der Waals surface area contributed by atoms with Crippen LogP contribution in [0.25, 0.3) is 17.5 Å². The molecule has 1 heterocycles. The third kappa shape index (κ3) is 14.4. The molecule has 0 spiro atoms. The van der Waals surface area contributed by atoms with Crippen LogP contribution in [0.5, 0.6) is 0 Å². The lowest BCUT2D eigenvalue weighted by Gasteiger charge is -2.31. The molecule has 1 aromatic heterocycles. The molecule has 0 aliphatic heterocycles. The molecule has 0 saturated heterocycles. The van der Waals surface area contributed by atoms with Crippen molar-refractivity contribution < 1.29 is 0 Å². The molecule has 4 aromatic carbocycles. The van der Waals surface area contributed by atoms with E-state index in [0.717, 1.165) is 64.6 Å². The van der Waals surface area contributed by atoms with Crippen LogP contribution in [-0.2, 0) is 13.0 Å². The van der Waals surface area contributed by atoms with Gasteiger partial charge in [-0.3, -0.25) is 11.3 Å². The molecule has 5 aromatic rings. The smallest absolute Gasteiger partial charge is 0.0738 e. The zero-order chi connectivity index (χ0) is 42.7. The van der Waals surface area contributed by atoms with Crippen LogP contribution in [0.1, 0.15) is 79.7 Å². The maximum absolute atomic E-state index is 5.57. The number of hydrogen-bond donors (Lipinski definition) is 2. The zero-order valence-corrected chi connectivity index (χ0v) is 35.9. The van der Waals surface area contributed by atoms with Crippen LogP contribution < -0.4 is 16.2 Å². The second-order valence-corrected chi connectivity index (χ2v) is 13.3. The lowest BCUT2D eigenvalue weighted by molar-refractivity contribution is 0.741. The first-order valence-corrected chi connectivity index (χ1v) is 20.0. The number of para-hydroxylation sites is 1. The Morgan fingerprint density at radius 2 is 1.26 bits per heavy atom. The van der Waals surface area contributed by atoms with E-state index in [9.17, 15) is 0 Å². The van der Waals surface area contributed by atoms with Gasteiger partial charge >= 0.3 is 0 Å². The summed E-state index contributed by atoms with van der Waals surface area (Å²) < 4.78 is 2.33. The fourth-order valence-electron chi connectivity index (χ4n) is 6.14. The van der Waals surface area contributed by atoms with Crippen LogP contribution in [0.3, 0.4) is 0 Å². The van der Waals surface area contributed by atoms with Gasteiger partial charge in [-0.15, -0.1) is 13.2 Å². The van der Waals surface area contributed by atoms with Crippen molar-refractivity contribution in [1.29, 1.82) is 0 Å². The van der Waals surface area contributed by atoms with E-state index in [4.69, 9.17) is 5.84 Å². The summed E-state index contributed by atoms with van der Waals surface area (Å²) in [6, 6.07) is 40.0. The number of rotatable bonds is 15. The Morgan fingerprint density at radius 3 is 1.69 bits per heavy atom. The summed E-state index contributed by atoms with van der Waals surface area (Å²) in [4.78, 5) is 2.24. The van der Waals surface area contributed by atoms with Crippen molar-refractivity contribution >= 4 is 17.5 Å². The predicted molar refractivity (Wildman–Crippen MR) is 258 cm³/mol. The van der Waals surface area contributed by atoms with E-state index in [-0.39, 0.29) is 0 Å². The first kappa shape index (κ1) is 48.0. The molecule has 3 N–H and O–H groups in total. The molecule has 4 nitrogen and oxygen atoms in total. The van der Waals surface area contributed by atoms with Crippen LogP contribution >= 0.6 is 0 Å². The zero-order valence-electron chi connectivity index (χ0n) is 35.9. The molecule has 0 atom stereocenters. The molecule has 4 heteroatoms. The third-order valence-corrected chi connectivity index (χ3v) is 9.08. The molecule has 0 fully saturated rings. The number of hydrazine groups is 1. The van der Waals surface area contributed by atoms with Gasteiger partial charge < -0.3 is 9.47 Å². The number of aromatic nitrogens is 1. The lowest BCUT2D eigenvalue weighted by atomic mass is 10.0. The summed E-state index contributed by atoms with van der Waals surface area (Å²) in [5, 5.41) is 0. The molecule has 0 unspecified atom stereocenters. The highest BCUT2D eigenvalue weighted by atomic mass is 15.2. The topological polar surface area (TPSA) is 46.2 Å². The van der Waals surface area contributed by atoms with Crippen LogP contribution in [0, 0.1) is 13.8 Å². The number of nitrogens with zero attached hydrogens (tertiary/aromatic N) is 2. The summed E-state index contributed by atoms with van der Waals surface area (Å²) in [6.45, 7) is 32.5. The fourth-order valence-corrected chi connectivity index (χ4v) is 6.14. The van der Waals surface area contributed by atoms with Gasteiger partial charge in [0.2, 0.25) is 0 Å². The minimum Gasteiger partial charge on any atom is -0.309 e. The van der Waals surface area contributed by atoms with Gasteiger partial charge in [-0.25, -0.2) is 0 Å². The molecule has 0 radical (unpaired) electrons. The molecular formula is C54H66N4. The van der Waals surface area contributed by atoms with E-state index in [1.165, 1.54) is 22.3 Å². The molecule has 5 rings (SSSR count). The second-order valence-electron chi connectivity index (χ2n) is 13.3. The molecule has 0 saturated carbocycles. The van der Waals surface area contributed by atoms with Crippen molar-refractivity contribution in [2.75, 3.05) is 4.90 Å². The van der Waals surface area contributed by atoms with Gasteiger partial charge in [0.1, 0.15) is 0 Å². The lowest BCUT2D eigenvalue weighted by Crippen LogP contribution is -2.23. The predicted octanol–water partition coefficient (Wildman–Crippen LogP) is 14.2. The van der Waals surface area contributed by atoms with Gasteiger partial charge in [0.15, 0.2) is 0 Å². The number of nitrogens with two attached hydrogens (primary N) is 1. The van der Waals surface area contributed by atoms with Crippen LogP contribution in [0.4, 0.5) is 5.69 Å². The fraction of sp³-hybridized carbons (Fsp3) is 0.185. The van der Waals surface area contributed by atoms with Crippen LogP contribution in [0.2, 0.25) is 0 Å². The average molecular weight is 771 g/mol. The van der Waals surface area contributed by atoms with E-state index in [2.05, 4.69) is 191 Å². The molecule has 58 heavy (non-hydrogen) atoms. The maximum atomic E-state index is 5.57. The van der Waals surface area contributed by atoms with Crippen molar-refractivity contribution in [3.05, 3.63) is 241 Å². The first-order chi connectivity index (χ1) is 28.2. The van der Waals surface area contributed by atoms with E-state index in [1.54, 1.807) is 6.08 Å². The number of allylic oxidation sites excluding steroid dienone is 8. The quantitative estimate of drug-likeness (QED) is 0.0482. The number of anilines is 1. The number of benzene rings is 4. The highest BCUT2D eigenvalue weighted by Gasteiger charge is 2.27. The van der Waals surface area contributed by atoms with Crippen molar-refractivity contribution in [1.82, 2.24) is 9.99 Å². The summed E-state index contributed by atoms with van der Waals surface area (Å²) in [6.07, 6.45) is 18.5. The number of hydrogen-bond acceptors (Lipinski definition) is 3. The average Bonchev–Trinajstić information content (AvgIpc) is 3.50. The Morgan fingerprint density at radius 1 is 0.741 bits per heavy atom. The molecule has 0 aliphatic carbocycles. The Labute approximate surface area is 351 Å². The summed E-state index contributed by atoms with van der Waals surface area (Å²) in [7, 11) is 0. The highest BCUT2D eigenvalue weighted by molar-refractivity contribution is 5.88. The number of nitrogens with one attached hydrogen (secondary N) is 1. The Kier molecular flexibility index (Phi) is 22.7. The SMILES string of the molecule is C=C/C=C\c1c(C)c(C)c(/C(=C(\C=C)CC)N(C(=C)/C=C\C)c2ccccc2)n1-c1ccc(CNN)cc1.C=CC.C=CCC.c1ccc(Cc2ccccc2)cc1. The van der Waals surface area contributed by atoms with Gasteiger partial charge in [-0.2, -0.15) is 0 Å². The monoisotopic (exact) mass is 771 g/mol. The molecule has 302 valence electrons. The van der Waals surface area contributed by atoms with Gasteiger partial charge in [-0.05, 0) is 117 Å². The minimum absolute atomic E-state index is 0.604. The van der Waals surface area contributed by atoms with E-state index >= 15 is 0 Å². The third-order valence-electron chi connectivity index (χ3n) is 9.08. The Bertz CT molecular complexity index is 2040. The first-order valence-electron chi connectivity index (χ1n) is 20.0. The minimum atomic E-state index is 0.604. The Hall–Kier alpha value is -6.20. The Balaban J connectivity index is 0.000000473. The van der Waals surface area contributed by atoms with Crippen LogP contribution in [-0.4, -0.2) is 4.57 Å². The molecule has 0 amide bonds. The van der Waals surface area contributed by atoms with Crippen molar-refractivity contribution in [2.45, 2.75) is 67.3 Å². The molecule has 0 bridgehead atoms. The second kappa shape index (κ2) is 27.4. The molecule has 0 aliphatic rings. The summed E-state index contributed by atoms with van der Waals surface area (Å²) in [5.74, 6) is 5.57. The molecular weight excluding hydrogens is 705 g/mol. The van der Waals surface area contributed by atoms with Gasteiger partial charge in [0.05, 0.1) is 11.4 Å². The van der Waals surface area contributed by atoms with Gasteiger partial charge in [0.25, 0.3) is 0 Å². The summed E-state index contributed by atoms with van der Waals surface area (Å²) in [5.41, 5.74) is 16.3. The van der Waals surface area contributed by atoms with E-state index in [0.29, 0.717) is 6.54 Å². The maximum Gasteiger partial charge on any atom is 0.0738 e. The highest BCUT2D eigenvalue weighted by Crippen LogP contribution is 2.40. The van der Waals surface area contributed by atoms with E-state index in [1.807, 2.05) is 56.4 Å². The van der Waals surface area contributed by atoms with Crippen LogP contribution in [0.15, 0.2) is 202 Å². The van der Waals surface area contributed by atoms with Crippen molar-refractivity contribution in [3.8, 4) is 5.69 Å². The largest absolute Gasteiger partial charge is 0.309 e. The van der Waals surface area contributed by atoms with E-state index < -0.39 is 0 Å². The van der Waals surface area contributed by atoms with Crippen molar-refractivity contribution in [2.24, 2.45) is 5.84 Å². The standard InChI is InChI=1S/C34H40N4.C13H12.C4H8.C3H6/c1-8-12-19-32-26(6)27(7)33(38(32)31-22-20-28(21-23-31)24-36-35)34(29(10-3)11-4)37(25(5)16-9-2)30-17-14-13-15-18-30;1-3-7-12(8-4-1)11-13-9-5-2-6-10-13;1-3-4-2;1-3-2/h8-10,12-23,36H,1,3,5,11,24,35H2,2,4,6-7H3;1-10H,11H2;3H,1,4H2,2H3;3H,1H2,2H3/b16-9-,19-12-,34-29-;;;. The van der Waals surface area contributed by atoms with Gasteiger partial charge in [0, 0.05) is 29.3 Å². The van der Waals surface area contributed by atoms with Gasteiger partial charge in [-0.1, -0.05) is 161 Å². The normalized spacial score (nSPS) is 10.8. The van der Waals surface area contributed by atoms with Crippen molar-refractivity contribution in [3.63, 3.8) is 0 Å². The summed E-state index contributed by atoms with van der Waals surface area (Å²) >= 11 is 0.